The number of rotatable bonds is 5. The van der Waals surface area contributed by atoms with Crippen molar-refractivity contribution in [2.24, 2.45) is 0 Å². The maximum absolute atomic E-state index is 13.2. The number of fused-ring (bicyclic) bond motifs is 2. The first-order valence-corrected chi connectivity index (χ1v) is 14.3. The van der Waals surface area contributed by atoms with Crippen molar-refractivity contribution < 1.29 is 4.79 Å². The molecule has 0 bridgehead atoms. The van der Waals surface area contributed by atoms with Gasteiger partial charge in [-0.05, 0) is 82.8 Å². The molecule has 6 rings (SSSR count). The second-order valence-corrected chi connectivity index (χ2v) is 11.8. The maximum atomic E-state index is 13.2. The average Bonchev–Trinajstić information content (AvgIpc) is 3.64. The fourth-order valence-corrected chi connectivity index (χ4v) is 6.70. The summed E-state index contributed by atoms with van der Waals surface area (Å²) in [5.41, 5.74) is 8.71. The van der Waals surface area contributed by atoms with E-state index in [4.69, 9.17) is 4.98 Å². The fraction of sp³-hybridized carbons (Fsp3) is 0.533. The first-order valence-electron chi connectivity index (χ1n) is 14.3. The van der Waals surface area contributed by atoms with E-state index in [2.05, 4.69) is 89.6 Å². The number of hydrogen-bond donors (Lipinski definition) is 1. The fourth-order valence-electron chi connectivity index (χ4n) is 6.70. The van der Waals surface area contributed by atoms with Crippen molar-refractivity contribution in [2.75, 3.05) is 37.6 Å². The van der Waals surface area contributed by atoms with Crippen LogP contribution in [0.1, 0.15) is 63.1 Å². The second kappa shape index (κ2) is 9.93. The van der Waals surface area contributed by atoms with E-state index in [1.165, 1.54) is 24.0 Å². The summed E-state index contributed by atoms with van der Waals surface area (Å²) in [5, 5.41) is 4.41. The molecule has 6 heterocycles. The van der Waals surface area contributed by atoms with Crippen LogP contribution in [0.15, 0.2) is 24.7 Å². The first kappa shape index (κ1) is 25.8. The highest BCUT2D eigenvalue weighted by Crippen LogP contribution is 2.38. The molecular weight excluding hydrogens is 488 g/mol. The molecule has 0 radical (unpaired) electrons. The van der Waals surface area contributed by atoms with Gasteiger partial charge in [0.05, 0.1) is 23.3 Å². The van der Waals surface area contributed by atoms with E-state index in [9.17, 15) is 4.79 Å². The number of aromatic nitrogens is 5. The van der Waals surface area contributed by atoms with Gasteiger partial charge in [0.1, 0.15) is 12.1 Å². The number of hydrogen-bond acceptors (Lipinski definition) is 6. The van der Waals surface area contributed by atoms with Crippen LogP contribution in [0.3, 0.4) is 0 Å². The van der Waals surface area contributed by atoms with Crippen LogP contribution in [0, 0.1) is 13.8 Å². The lowest BCUT2D eigenvalue weighted by atomic mass is 9.95. The number of H-pyrrole nitrogens is 1. The molecule has 4 aromatic rings. The van der Waals surface area contributed by atoms with Crippen molar-refractivity contribution in [1.29, 1.82) is 0 Å². The largest absolute Gasteiger partial charge is 0.353 e. The molecule has 39 heavy (non-hydrogen) atoms. The number of carbonyl (C=O) groups is 1. The summed E-state index contributed by atoms with van der Waals surface area (Å²) in [6, 6.07) is 4.54. The minimum absolute atomic E-state index is 0.132. The molecule has 4 aromatic heterocycles. The second-order valence-electron chi connectivity index (χ2n) is 11.8. The highest BCUT2D eigenvalue weighted by molar-refractivity contribution is 5.90. The van der Waals surface area contributed by atoms with Gasteiger partial charge in [-0.3, -0.25) is 9.69 Å². The SMILES string of the molecule is Cc1c(-c2[nH]c3ccc(N4C[C@@H](C)N(C(=O)CN5CCCC5)[C@H](C)C4)nc3c2C(C)C)cn2ncnc2c1C. The Morgan fingerprint density at radius 2 is 1.79 bits per heavy atom. The quantitative estimate of drug-likeness (QED) is 0.410. The highest BCUT2D eigenvalue weighted by Gasteiger charge is 2.34. The summed E-state index contributed by atoms with van der Waals surface area (Å²) in [4.78, 5) is 33.3. The van der Waals surface area contributed by atoms with Crippen LogP contribution < -0.4 is 4.90 Å². The van der Waals surface area contributed by atoms with Gasteiger partial charge in [0.15, 0.2) is 5.65 Å². The Hall–Kier alpha value is -3.46. The van der Waals surface area contributed by atoms with Crippen LogP contribution >= 0.6 is 0 Å². The van der Waals surface area contributed by atoms with Gasteiger partial charge in [0.25, 0.3) is 0 Å². The summed E-state index contributed by atoms with van der Waals surface area (Å²) in [6.45, 7) is 17.2. The third-order valence-electron chi connectivity index (χ3n) is 8.73. The molecule has 0 spiro atoms. The molecule has 2 saturated heterocycles. The molecule has 2 aliphatic heterocycles. The first-order chi connectivity index (χ1) is 18.7. The monoisotopic (exact) mass is 528 g/mol. The van der Waals surface area contributed by atoms with Gasteiger partial charge in [-0.1, -0.05) is 13.8 Å². The number of nitrogens with one attached hydrogen (secondary N) is 1. The van der Waals surface area contributed by atoms with Gasteiger partial charge in [0.2, 0.25) is 5.91 Å². The van der Waals surface area contributed by atoms with Crippen LogP contribution in [0.5, 0.6) is 0 Å². The molecule has 1 amide bonds. The number of anilines is 1. The molecule has 0 saturated carbocycles. The summed E-state index contributed by atoms with van der Waals surface area (Å²) >= 11 is 0. The van der Waals surface area contributed by atoms with E-state index in [0.29, 0.717) is 6.54 Å². The Kier molecular flexibility index (Phi) is 6.57. The van der Waals surface area contributed by atoms with Crippen molar-refractivity contribution in [3.05, 3.63) is 41.3 Å². The Morgan fingerprint density at radius 1 is 1.08 bits per heavy atom. The third kappa shape index (κ3) is 4.46. The highest BCUT2D eigenvalue weighted by atomic mass is 16.2. The zero-order valence-corrected chi connectivity index (χ0v) is 24.0. The summed E-state index contributed by atoms with van der Waals surface area (Å²) in [6.07, 6.45) is 6.08. The zero-order chi connectivity index (χ0) is 27.4. The van der Waals surface area contributed by atoms with E-state index in [-0.39, 0.29) is 23.9 Å². The van der Waals surface area contributed by atoms with Crippen LogP contribution in [-0.2, 0) is 4.79 Å². The number of carbonyl (C=O) groups excluding carboxylic acids is 1. The molecule has 2 fully saturated rings. The van der Waals surface area contributed by atoms with Crippen LogP contribution in [-0.4, -0.2) is 85.1 Å². The molecule has 0 aliphatic carbocycles. The smallest absolute Gasteiger partial charge is 0.237 e. The number of aryl methyl sites for hydroxylation is 1. The Labute approximate surface area is 230 Å². The van der Waals surface area contributed by atoms with Gasteiger partial charge < -0.3 is 14.8 Å². The number of piperazine rings is 1. The van der Waals surface area contributed by atoms with Crippen molar-refractivity contribution >= 4 is 28.4 Å². The van der Waals surface area contributed by atoms with Crippen LogP contribution in [0.2, 0.25) is 0 Å². The maximum Gasteiger partial charge on any atom is 0.237 e. The standard InChI is InChI=1S/C30H40N8O/c1-18(2)27-28(23-15-37-30(31-17-32-37)22(6)21(23)5)33-24-9-10-25(34-29(24)27)36-13-19(3)38(20(4)14-36)26(39)16-35-11-7-8-12-35/h9-10,15,17-20,33H,7-8,11-14,16H2,1-6H3/t19-,20-/m1/s1. The van der Waals surface area contributed by atoms with E-state index < -0.39 is 0 Å². The molecule has 9 heteroatoms. The molecule has 9 nitrogen and oxygen atoms in total. The van der Waals surface area contributed by atoms with Crippen molar-refractivity contribution in [2.45, 2.75) is 72.4 Å². The predicted octanol–water partition coefficient (Wildman–Crippen LogP) is 4.53. The molecule has 1 N–H and O–H groups in total. The zero-order valence-electron chi connectivity index (χ0n) is 24.0. The Balaban J connectivity index is 1.32. The predicted molar refractivity (Wildman–Crippen MR) is 155 cm³/mol. The van der Waals surface area contributed by atoms with E-state index in [1.807, 2.05) is 4.52 Å². The van der Waals surface area contributed by atoms with E-state index >= 15 is 0 Å². The summed E-state index contributed by atoms with van der Waals surface area (Å²) < 4.78 is 1.86. The molecule has 0 aromatic carbocycles. The number of aromatic amines is 1. The molecule has 2 atom stereocenters. The number of pyridine rings is 2. The molecule has 0 unspecified atom stereocenters. The molecular formula is C30H40N8O. The lowest BCUT2D eigenvalue weighted by Gasteiger charge is -2.45. The lowest BCUT2D eigenvalue weighted by Crippen LogP contribution is -2.60. The summed E-state index contributed by atoms with van der Waals surface area (Å²) in [7, 11) is 0. The van der Waals surface area contributed by atoms with E-state index in [1.54, 1.807) is 6.33 Å². The number of amides is 1. The van der Waals surface area contributed by atoms with Gasteiger partial charge in [-0.2, -0.15) is 5.10 Å². The summed E-state index contributed by atoms with van der Waals surface area (Å²) in [5.74, 6) is 1.51. The topological polar surface area (TPSA) is 85.7 Å². The molecule has 2 aliphatic rings. The van der Waals surface area contributed by atoms with E-state index in [0.717, 1.165) is 65.5 Å². The minimum atomic E-state index is 0.132. The van der Waals surface area contributed by atoms with Crippen molar-refractivity contribution in [3.8, 4) is 11.3 Å². The van der Waals surface area contributed by atoms with Gasteiger partial charge in [-0.25, -0.2) is 14.5 Å². The average molecular weight is 529 g/mol. The minimum Gasteiger partial charge on any atom is -0.353 e. The third-order valence-corrected chi connectivity index (χ3v) is 8.73. The van der Waals surface area contributed by atoms with Crippen molar-refractivity contribution in [1.82, 2.24) is 34.4 Å². The Morgan fingerprint density at radius 3 is 2.49 bits per heavy atom. The Bertz CT molecular complexity index is 1520. The number of likely N-dealkylation sites (tertiary alicyclic amines) is 1. The normalized spacial score (nSPS) is 20.7. The van der Waals surface area contributed by atoms with Crippen LogP contribution in [0.4, 0.5) is 5.82 Å². The van der Waals surface area contributed by atoms with Gasteiger partial charge in [-0.15, -0.1) is 0 Å². The number of nitrogens with zero attached hydrogens (tertiary/aromatic N) is 7. The van der Waals surface area contributed by atoms with Crippen molar-refractivity contribution in [3.63, 3.8) is 0 Å². The van der Waals surface area contributed by atoms with Gasteiger partial charge >= 0.3 is 0 Å². The molecule has 206 valence electrons. The van der Waals surface area contributed by atoms with Crippen LogP contribution in [0.25, 0.3) is 27.9 Å². The van der Waals surface area contributed by atoms with Gasteiger partial charge in [0, 0.05) is 42.5 Å². The lowest BCUT2D eigenvalue weighted by molar-refractivity contribution is -0.137.